The minimum Gasteiger partial charge on any atom is -0.324 e. The van der Waals surface area contributed by atoms with Crippen molar-refractivity contribution in [3.05, 3.63) is 0 Å². The van der Waals surface area contributed by atoms with E-state index in [0.29, 0.717) is 0 Å². The predicted octanol–water partition coefficient (Wildman–Crippen LogP) is 3.25. The number of nitrogens with zero attached hydrogens (tertiary/aromatic N) is 1. The average Bonchev–Trinajstić information content (AvgIpc) is 1.95. The maximum absolute atomic E-state index is 11.2. The molecular weight excluding hydrogens is 186 g/mol. The third kappa shape index (κ3) is 2.37. The molecule has 13 heavy (non-hydrogen) atoms. The largest absolute Gasteiger partial charge is 0.324 e. The van der Waals surface area contributed by atoms with Gasteiger partial charge in [-0.2, -0.15) is 0 Å². The molecule has 0 aliphatic carbocycles. The predicted molar refractivity (Wildman–Crippen MR) is 55.0 cm³/mol. The summed E-state index contributed by atoms with van der Waals surface area (Å²) in [6.45, 7) is 9.26. The second-order valence-electron chi connectivity index (χ2n) is 5.32. The van der Waals surface area contributed by atoms with E-state index in [1.807, 2.05) is 0 Å². The fourth-order valence-corrected chi connectivity index (χ4v) is 2.09. The molecule has 0 aromatic rings. The number of amides is 1. The van der Waals surface area contributed by atoms with Crippen molar-refractivity contribution in [2.24, 2.45) is 5.41 Å². The number of rotatable bonds is 0. The van der Waals surface area contributed by atoms with Gasteiger partial charge < -0.3 is 4.90 Å². The minimum atomic E-state index is -0.322. The molecule has 0 unspecified atom stereocenters. The quantitative estimate of drug-likeness (QED) is 0.437. The highest BCUT2D eigenvalue weighted by molar-refractivity contribution is 6.62. The zero-order valence-corrected chi connectivity index (χ0v) is 9.61. The fourth-order valence-electron chi connectivity index (χ4n) is 1.80. The average molecular weight is 204 g/mol. The highest BCUT2D eigenvalue weighted by atomic mass is 35.5. The SMILES string of the molecule is CC1(C)CCC(C)(C)N(C(=O)Cl)C1. The van der Waals surface area contributed by atoms with Crippen LogP contribution in [0.15, 0.2) is 0 Å². The van der Waals surface area contributed by atoms with Crippen molar-refractivity contribution in [3.8, 4) is 0 Å². The van der Waals surface area contributed by atoms with Gasteiger partial charge >= 0.3 is 5.37 Å². The summed E-state index contributed by atoms with van der Waals surface area (Å²) in [5.41, 5.74) is 0.133. The van der Waals surface area contributed by atoms with E-state index in [-0.39, 0.29) is 16.3 Å². The van der Waals surface area contributed by atoms with E-state index in [2.05, 4.69) is 27.7 Å². The zero-order valence-electron chi connectivity index (χ0n) is 8.85. The molecule has 0 aromatic carbocycles. The van der Waals surface area contributed by atoms with Crippen LogP contribution in [0, 0.1) is 5.41 Å². The lowest BCUT2D eigenvalue weighted by atomic mass is 9.77. The summed E-state index contributed by atoms with van der Waals surface area (Å²) in [5.74, 6) is 0. The Morgan fingerprint density at radius 1 is 1.23 bits per heavy atom. The first-order chi connectivity index (χ1) is 5.75. The molecular formula is C10H18ClNO. The van der Waals surface area contributed by atoms with E-state index in [1.54, 1.807) is 4.90 Å². The molecule has 0 spiro atoms. The number of carbonyl (C=O) groups excluding carboxylic acids is 1. The van der Waals surface area contributed by atoms with E-state index in [4.69, 9.17) is 11.6 Å². The van der Waals surface area contributed by atoms with Gasteiger partial charge in [0, 0.05) is 12.1 Å². The first kappa shape index (κ1) is 10.8. The van der Waals surface area contributed by atoms with Crippen LogP contribution in [-0.4, -0.2) is 22.3 Å². The second-order valence-corrected chi connectivity index (χ2v) is 5.64. The standard InChI is InChI=1S/C10H18ClNO/c1-9(2)5-6-10(3,4)12(7-9)8(11)13/h5-7H2,1-4H3. The van der Waals surface area contributed by atoms with Crippen LogP contribution < -0.4 is 0 Å². The Hall–Kier alpha value is -0.240. The van der Waals surface area contributed by atoms with Crippen molar-refractivity contribution in [1.29, 1.82) is 0 Å². The van der Waals surface area contributed by atoms with Crippen LogP contribution in [0.1, 0.15) is 40.5 Å². The first-order valence-corrected chi connectivity index (χ1v) is 5.10. The van der Waals surface area contributed by atoms with Gasteiger partial charge in [0.15, 0.2) is 0 Å². The smallest absolute Gasteiger partial charge is 0.316 e. The summed E-state index contributed by atoms with van der Waals surface area (Å²) < 4.78 is 0. The van der Waals surface area contributed by atoms with E-state index in [0.717, 1.165) is 19.4 Å². The first-order valence-electron chi connectivity index (χ1n) is 4.72. The molecule has 76 valence electrons. The second kappa shape index (κ2) is 3.16. The van der Waals surface area contributed by atoms with Gasteiger partial charge in [0.1, 0.15) is 0 Å². The molecule has 0 aromatic heterocycles. The van der Waals surface area contributed by atoms with Gasteiger partial charge in [-0.25, -0.2) is 0 Å². The third-order valence-corrected chi connectivity index (χ3v) is 3.15. The van der Waals surface area contributed by atoms with Crippen LogP contribution in [-0.2, 0) is 0 Å². The Kier molecular flexibility index (Phi) is 2.63. The van der Waals surface area contributed by atoms with E-state index >= 15 is 0 Å². The summed E-state index contributed by atoms with van der Waals surface area (Å²) >= 11 is 5.56. The molecule has 1 rings (SSSR count). The molecule has 0 saturated carbocycles. The number of piperidine rings is 1. The Bertz CT molecular complexity index is 223. The molecule has 2 nitrogen and oxygen atoms in total. The third-order valence-electron chi connectivity index (χ3n) is 2.94. The number of hydrogen-bond acceptors (Lipinski definition) is 1. The van der Waals surface area contributed by atoms with Gasteiger partial charge in [0.25, 0.3) is 0 Å². The van der Waals surface area contributed by atoms with Gasteiger partial charge in [0.05, 0.1) is 0 Å². The van der Waals surface area contributed by atoms with Crippen LogP contribution in [0.2, 0.25) is 0 Å². The molecule has 1 aliphatic rings. The molecule has 0 radical (unpaired) electrons. The monoisotopic (exact) mass is 203 g/mol. The summed E-state index contributed by atoms with van der Waals surface area (Å²) in [7, 11) is 0. The van der Waals surface area contributed by atoms with E-state index < -0.39 is 0 Å². The molecule has 1 fully saturated rings. The van der Waals surface area contributed by atoms with Gasteiger partial charge in [-0.3, -0.25) is 4.79 Å². The van der Waals surface area contributed by atoms with Crippen molar-refractivity contribution in [2.45, 2.75) is 46.1 Å². The van der Waals surface area contributed by atoms with Gasteiger partial charge in [0.2, 0.25) is 0 Å². The lowest BCUT2D eigenvalue weighted by Crippen LogP contribution is -2.53. The van der Waals surface area contributed by atoms with Crippen LogP contribution in [0.25, 0.3) is 0 Å². The lowest BCUT2D eigenvalue weighted by Gasteiger charge is -2.47. The van der Waals surface area contributed by atoms with Crippen molar-refractivity contribution in [1.82, 2.24) is 4.90 Å². The minimum absolute atomic E-state index is 0.0750. The van der Waals surface area contributed by atoms with E-state index in [9.17, 15) is 4.79 Å². The molecule has 1 amide bonds. The lowest BCUT2D eigenvalue weighted by molar-refractivity contribution is 0.0516. The highest BCUT2D eigenvalue weighted by Gasteiger charge is 2.39. The Balaban J connectivity index is 2.82. The van der Waals surface area contributed by atoms with Crippen LogP contribution in [0.5, 0.6) is 0 Å². The molecule has 0 bridgehead atoms. The summed E-state index contributed by atoms with van der Waals surface area (Å²) in [6, 6.07) is 0. The van der Waals surface area contributed by atoms with Crippen LogP contribution >= 0.6 is 11.6 Å². The van der Waals surface area contributed by atoms with Gasteiger partial charge in [-0.15, -0.1) is 0 Å². The Morgan fingerprint density at radius 3 is 2.15 bits per heavy atom. The normalized spacial score (nSPS) is 25.8. The Morgan fingerprint density at radius 2 is 1.77 bits per heavy atom. The summed E-state index contributed by atoms with van der Waals surface area (Å²) in [4.78, 5) is 13.0. The zero-order chi connectivity index (χ0) is 10.3. The number of halogens is 1. The van der Waals surface area contributed by atoms with Gasteiger partial charge in [-0.05, 0) is 43.7 Å². The maximum atomic E-state index is 11.2. The van der Waals surface area contributed by atoms with Crippen molar-refractivity contribution in [3.63, 3.8) is 0 Å². The molecule has 3 heteroatoms. The molecule has 0 N–H and O–H groups in total. The van der Waals surface area contributed by atoms with Crippen LogP contribution in [0.3, 0.4) is 0 Å². The number of hydrogen-bond donors (Lipinski definition) is 0. The van der Waals surface area contributed by atoms with Gasteiger partial charge in [-0.1, -0.05) is 13.8 Å². The van der Waals surface area contributed by atoms with E-state index in [1.165, 1.54) is 0 Å². The van der Waals surface area contributed by atoms with Crippen molar-refractivity contribution in [2.75, 3.05) is 6.54 Å². The topological polar surface area (TPSA) is 20.3 Å². The molecule has 1 saturated heterocycles. The number of likely N-dealkylation sites (tertiary alicyclic amines) is 1. The molecule has 1 heterocycles. The summed E-state index contributed by atoms with van der Waals surface area (Å²) in [5, 5.41) is -0.322. The molecule has 1 aliphatic heterocycles. The summed E-state index contributed by atoms with van der Waals surface area (Å²) in [6.07, 6.45) is 2.18. The van der Waals surface area contributed by atoms with Crippen molar-refractivity contribution < 1.29 is 4.79 Å². The maximum Gasteiger partial charge on any atom is 0.316 e. The van der Waals surface area contributed by atoms with Crippen molar-refractivity contribution >= 4 is 17.0 Å². The van der Waals surface area contributed by atoms with Crippen LogP contribution in [0.4, 0.5) is 4.79 Å². The Labute approximate surface area is 85.2 Å². The fraction of sp³-hybridized carbons (Fsp3) is 0.900. The number of carbonyl (C=O) groups is 1. The highest BCUT2D eigenvalue weighted by Crippen LogP contribution is 2.37. The molecule has 0 atom stereocenters.